The molecule has 0 saturated heterocycles. The second kappa shape index (κ2) is 7.75. The van der Waals surface area contributed by atoms with E-state index in [0.717, 1.165) is 24.5 Å². The molecule has 0 amide bonds. The van der Waals surface area contributed by atoms with E-state index in [2.05, 4.69) is 10.4 Å². The van der Waals surface area contributed by atoms with Gasteiger partial charge in [0.25, 0.3) is 0 Å². The van der Waals surface area contributed by atoms with Crippen LogP contribution >= 0.6 is 0 Å². The van der Waals surface area contributed by atoms with Gasteiger partial charge in [-0.2, -0.15) is 5.10 Å². The molecule has 0 aliphatic rings. The summed E-state index contributed by atoms with van der Waals surface area (Å²) in [6.07, 6.45) is 1.86. The first-order valence-corrected chi connectivity index (χ1v) is 8.81. The number of sulfone groups is 1. The highest BCUT2D eigenvalue weighted by atomic mass is 32.2. The van der Waals surface area contributed by atoms with Crippen molar-refractivity contribution in [3.63, 3.8) is 0 Å². The number of hydrogen-bond donors (Lipinski definition) is 1. The van der Waals surface area contributed by atoms with Gasteiger partial charge in [-0.1, -0.05) is 0 Å². The number of methoxy groups -OCH3 is 1. The van der Waals surface area contributed by atoms with Crippen LogP contribution in [-0.2, 0) is 27.7 Å². The molecule has 1 rings (SSSR count). The van der Waals surface area contributed by atoms with Gasteiger partial charge in [0.05, 0.1) is 18.1 Å². The van der Waals surface area contributed by atoms with Crippen LogP contribution < -0.4 is 5.32 Å². The molecule has 6 nitrogen and oxygen atoms in total. The van der Waals surface area contributed by atoms with Crippen molar-refractivity contribution >= 4 is 9.84 Å². The fourth-order valence-corrected chi connectivity index (χ4v) is 2.73. The van der Waals surface area contributed by atoms with Crippen LogP contribution in [0.25, 0.3) is 0 Å². The van der Waals surface area contributed by atoms with E-state index in [1.165, 1.54) is 11.8 Å². The predicted octanol–water partition coefficient (Wildman–Crippen LogP) is 0.671. The zero-order valence-electron chi connectivity index (χ0n) is 12.8. The van der Waals surface area contributed by atoms with E-state index in [9.17, 15) is 8.42 Å². The zero-order chi connectivity index (χ0) is 15.2. The van der Waals surface area contributed by atoms with Gasteiger partial charge < -0.3 is 10.1 Å². The van der Waals surface area contributed by atoms with Gasteiger partial charge >= 0.3 is 0 Å². The summed E-state index contributed by atoms with van der Waals surface area (Å²) in [5.74, 6) is 0.201. The summed E-state index contributed by atoms with van der Waals surface area (Å²) in [6, 6.07) is 0. The molecule has 0 bridgehead atoms. The van der Waals surface area contributed by atoms with Gasteiger partial charge in [-0.25, -0.2) is 8.42 Å². The normalized spacial score (nSPS) is 12.0. The van der Waals surface area contributed by atoms with Gasteiger partial charge in [-0.15, -0.1) is 0 Å². The third-order valence-corrected chi connectivity index (χ3v) is 4.23. The lowest BCUT2D eigenvalue weighted by Crippen LogP contribution is -2.19. The maximum Gasteiger partial charge on any atom is 0.147 e. The Balaban J connectivity index is 2.57. The summed E-state index contributed by atoms with van der Waals surface area (Å²) < 4.78 is 29.1. The fourth-order valence-electron chi connectivity index (χ4n) is 2.07. The highest BCUT2D eigenvalue weighted by molar-refractivity contribution is 7.90. The van der Waals surface area contributed by atoms with Crippen molar-refractivity contribution in [2.45, 2.75) is 33.4 Å². The lowest BCUT2D eigenvalue weighted by molar-refractivity contribution is 0.199. The Morgan fingerprint density at radius 3 is 2.65 bits per heavy atom. The van der Waals surface area contributed by atoms with Gasteiger partial charge in [-0.3, -0.25) is 4.68 Å². The van der Waals surface area contributed by atoms with Crippen molar-refractivity contribution in [2.24, 2.45) is 0 Å². The Hall–Kier alpha value is -0.920. The molecular formula is C13H25N3O3S. The monoisotopic (exact) mass is 303 g/mol. The second-order valence-electron chi connectivity index (χ2n) is 5.03. The minimum Gasteiger partial charge on any atom is -0.383 e. The van der Waals surface area contributed by atoms with Crippen LogP contribution in [0.1, 0.15) is 23.4 Å². The molecule has 20 heavy (non-hydrogen) atoms. The molecule has 1 N–H and O–H groups in total. The molecule has 0 fully saturated rings. The van der Waals surface area contributed by atoms with Crippen LogP contribution in [0, 0.1) is 13.8 Å². The first-order chi connectivity index (χ1) is 9.35. The average Bonchev–Trinajstić information content (AvgIpc) is 2.60. The third kappa shape index (κ3) is 5.60. The van der Waals surface area contributed by atoms with Gasteiger partial charge in [0.1, 0.15) is 9.84 Å². The number of nitrogens with zero attached hydrogens (tertiary/aromatic N) is 2. The van der Waals surface area contributed by atoms with Crippen molar-refractivity contribution in [1.82, 2.24) is 15.1 Å². The number of aryl methyl sites for hydroxylation is 2. The molecule has 0 spiro atoms. The average molecular weight is 303 g/mol. The number of rotatable bonds is 9. The second-order valence-corrected chi connectivity index (χ2v) is 7.29. The van der Waals surface area contributed by atoms with Crippen molar-refractivity contribution < 1.29 is 13.2 Å². The highest BCUT2D eigenvalue weighted by Crippen LogP contribution is 2.13. The smallest absolute Gasteiger partial charge is 0.147 e. The fraction of sp³-hybridized carbons (Fsp3) is 0.769. The summed E-state index contributed by atoms with van der Waals surface area (Å²) in [4.78, 5) is 0. The third-order valence-electron chi connectivity index (χ3n) is 3.20. The first kappa shape index (κ1) is 17.1. The largest absolute Gasteiger partial charge is 0.383 e. The van der Waals surface area contributed by atoms with Gasteiger partial charge in [0.15, 0.2) is 0 Å². The summed E-state index contributed by atoms with van der Waals surface area (Å²) in [5.41, 5.74) is 3.27. The summed E-state index contributed by atoms with van der Waals surface area (Å²) in [7, 11) is -1.22. The SMILES string of the molecule is COCCNCc1c(C)nn(CCCS(C)(=O)=O)c1C. The van der Waals surface area contributed by atoms with Crippen LogP contribution in [0.2, 0.25) is 0 Å². The Morgan fingerprint density at radius 2 is 2.05 bits per heavy atom. The maximum absolute atomic E-state index is 11.1. The number of ether oxygens (including phenoxy) is 1. The van der Waals surface area contributed by atoms with Gasteiger partial charge in [0, 0.05) is 44.3 Å². The lowest BCUT2D eigenvalue weighted by Gasteiger charge is -2.06. The molecule has 0 aliphatic carbocycles. The molecule has 0 aromatic carbocycles. The summed E-state index contributed by atoms with van der Waals surface area (Å²) in [5, 5.41) is 7.78. The summed E-state index contributed by atoms with van der Waals surface area (Å²) in [6.45, 7) is 6.88. The van der Waals surface area contributed by atoms with Crippen molar-refractivity contribution in [3.8, 4) is 0 Å². The molecule has 116 valence electrons. The molecule has 1 aromatic rings. The van der Waals surface area contributed by atoms with Crippen molar-refractivity contribution in [2.75, 3.05) is 32.3 Å². The molecule has 0 unspecified atom stereocenters. The van der Waals surface area contributed by atoms with E-state index in [1.807, 2.05) is 18.5 Å². The molecule has 1 heterocycles. The standard InChI is InChI=1S/C13H25N3O3S/c1-11-13(10-14-6-8-19-3)12(2)16(15-11)7-5-9-20(4,17)18/h14H,5-10H2,1-4H3. The Kier molecular flexibility index (Phi) is 6.64. The highest BCUT2D eigenvalue weighted by Gasteiger charge is 2.11. The van der Waals surface area contributed by atoms with E-state index in [-0.39, 0.29) is 5.75 Å². The molecule has 0 aliphatic heterocycles. The van der Waals surface area contributed by atoms with E-state index in [4.69, 9.17) is 4.74 Å². The molecule has 0 saturated carbocycles. The van der Waals surface area contributed by atoms with Gasteiger partial charge in [0.2, 0.25) is 0 Å². The minimum atomic E-state index is -2.90. The Bertz CT molecular complexity index is 523. The lowest BCUT2D eigenvalue weighted by atomic mass is 10.2. The van der Waals surface area contributed by atoms with Crippen LogP contribution in [0.3, 0.4) is 0 Å². The van der Waals surface area contributed by atoms with Crippen LogP contribution in [0.4, 0.5) is 0 Å². The molecular weight excluding hydrogens is 278 g/mol. The zero-order valence-corrected chi connectivity index (χ0v) is 13.6. The molecule has 1 aromatic heterocycles. The number of nitrogens with one attached hydrogen (secondary N) is 1. The topological polar surface area (TPSA) is 73.2 Å². The quantitative estimate of drug-likeness (QED) is 0.679. The molecule has 0 atom stereocenters. The van der Waals surface area contributed by atoms with Gasteiger partial charge in [-0.05, 0) is 20.3 Å². The van der Waals surface area contributed by atoms with E-state index >= 15 is 0 Å². The summed E-state index contributed by atoms with van der Waals surface area (Å²) >= 11 is 0. The predicted molar refractivity (Wildman–Crippen MR) is 79.6 cm³/mol. The van der Waals surface area contributed by atoms with Crippen molar-refractivity contribution in [1.29, 1.82) is 0 Å². The maximum atomic E-state index is 11.1. The van der Waals surface area contributed by atoms with Crippen LogP contribution in [0.15, 0.2) is 0 Å². The molecule has 7 heteroatoms. The van der Waals surface area contributed by atoms with Crippen LogP contribution in [-0.4, -0.2) is 50.5 Å². The van der Waals surface area contributed by atoms with Crippen molar-refractivity contribution in [3.05, 3.63) is 17.0 Å². The Labute approximate surface area is 121 Å². The Morgan fingerprint density at radius 1 is 1.35 bits per heavy atom. The van der Waals surface area contributed by atoms with E-state index in [1.54, 1.807) is 7.11 Å². The molecule has 0 radical (unpaired) electrons. The van der Waals surface area contributed by atoms with E-state index < -0.39 is 9.84 Å². The number of aromatic nitrogens is 2. The number of hydrogen-bond acceptors (Lipinski definition) is 5. The first-order valence-electron chi connectivity index (χ1n) is 6.75. The van der Waals surface area contributed by atoms with E-state index in [0.29, 0.717) is 19.6 Å². The van der Waals surface area contributed by atoms with Crippen LogP contribution in [0.5, 0.6) is 0 Å². The minimum absolute atomic E-state index is 0.201.